The molecule has 0 aliphatic heterocycles. The maximum Gasteiger partial charge on any atom is 0.333 e. The summed E-state index contributed by atoms with van der Waals surface area (Å²) in [6.07, 6.45) is 3.04. The molecule has 0 fully saturated rings. The summed E-state index contributed by atoms with van der Waals surface area (Å²) in [5.74, 6) is -1.03. The smallest absolute Gasteiger partial charge is 0.333 e. The number of aromatic nitrogens is 2. The van der Waals surface area contributed by atoms with Gasteiger partial charge in [0.15, 0.2) is 0 Å². The number of carbonyl (C=O) groups is 1. The van der Waals surface area contributed by atoms with Crippen molar-refractivity contribution in [3.63, 3.8) is 0 Å². The molecule has 17 heavy (non-hydrogen) atoms. The summed E-state index contributed by atoms with van der Waals surface area (Å²) in [7, 11) is 0. The van der Waals surface area contributed by atoms with Crippen molar-refractivity contribution < 1.29 is 9.90 Å². The van der Waals surface area contributed by atoms with E-state index in [1.165, 1.54) is 10.8 Å². The highest BCUT2D eigenvalue weighted by molar-refractivity contribution is 5.66. The van der Waals surface area contributed by atoms with Crippen LogP contribution < -0.4 is 5.69 Å². The molecule has 0 saturated carbocycles. The number of aliphatic carboxylic acids is 1. The molecule has 5 nitrogen and oxygen atoms in total. The maximum atomic E-state index is 11.9. The lowest BCUT2D eigenvalue weighted by molar-refractivity contribution is -0.137. The molecule has 1 aromatic carbocycles. The van der Waals surface area contributed by atoms with Crippen LogP contribution in [0.2, 0.25) is 0 Å². The first-order valence-electron chi connectivity index (χ1n) is 5.14. The molecule has 2 rings (SSSR count). The second kappa shape index (κ2) is 4.29. The van der Waals surface area contributed by atoms with Gasteiger partial charge in [-0.15, -0.1) is 0 Å². The molecule has 1 aromatic heterocycles. The van der Waals surface area contributed by atoms with E-state index < -0.39 is 5.97 Å². The Morgan fingerprint density at radius 2 is 2.12 bits per heavy atom. The van der Waals surface area contributed by atoms with Gasteiger partial charge < -0.3 is 5.11 Å². The van der Waals surface area contributed by atoms with Crippen molar-refractivity contribution in [2.24, 2.45) is 0 Å². The number of benzene rings is 1. The Morgan fingerprint density at radius 3 is 2.76 bits per heavy atom. The van der Waals surface area contributed by atoms with Gasteiger partial charge in [0, 0.05) is 12.4 Å². The van der Waals surface area contributed by atoms with Crippen LogP contribution in [0.5, 0.6) is 0 Å². The highest BCUT2D eigenvalue weighted by Gasteiger charge is 2.07. The van der Waals surface area contributed by atoms with Crippen LogP contribution >= 0.6 is 0 Å². The normalized spacial score (nSPS) is 10.4. The van der Waals surface area contributed by atoms with Crippen LogP contribution in [0.4, 0.5) is 0 Å². The Balaban J connectivity index is 2.44. The van der Waals surface area contributed by atoms with Crippen molar-refractivity contribution in [3.05, 3.63) is 52.7 Å². The van der Waals surface area contributed by atoms with Gasteiger partial charge in [0.1, 0.15) is 6.54 Å². The zero-order chi connectivity index (χ0) is 12.4. The van der Waals surface area contributed by atoms with E-state index in [9.17, 15) is 9.59 Å². The molecule has 88 valence electrons. The summed E-state index contributed by atoms with van der Waals surface area (Å²) in [5, 5.41) is 8.65. The molecule has 0 aliphatic rings. The minimum absolute atomic E-state index is 0.322. The molecule has 0 atom stereocenters. The zero-order valence-corrected chi connectivity index (χ0v) is 9.33. The zero-order valence-electron chi connectivity index (χ0n) is 9.33. The molecule has 0 spiro atoms. The Labute approximate surface area is 97.5 Å². The third-order valence-corrected chi connectivity index (χ3v) is 2.43. The number of nitrogens with zero attached hydrogens (tertiary/aromatic N) is 2. The minimum Gasteiger partial charge on any atom is -0.480 e. The van der Waals surface area contributed by atoms with E-state index in [0.29, 0.717) is 0 Å². The summed E-state index contributed by atoms with van der Waals surface area (Å²) in [4.78, 5) is 22.4. The van der Waals surface area contributed by atoms with E-state index >= 15 is 0 Å². The Morgan fingerprint density at radius 1 is 1.35 bits per heavy atom. The molecule has 0 saturated heterocycles. The van der Waals surface area contributed by atoms with Gasteiger partial charge in [0.05, 0.1) is 5.69 Å². The lowest BCUT2D eigenvalue weighted by atomic mass is 10.2. The second-order valence-corrected chi connectivity index (χ2v) is 3.81. The Kier molecular flexibility index (Phi) is 2.82. The van der Waals surface area contributed by atoms with Gasteiger partial charge >= 0.3 is 11.7 Å². The van der Waals surface area contributed by atoms with Crippen molar-refractivity contribution in [3.8, 4) is 5.69 Å². The molecule has 0 bridgehead atoms. The first-order chi connectivity index (χ1) is 8.08. The van der Waals surface area contributed by atoms with E-state index in [0.717, 1.165) is 15.8 Å². The van der Waals surface area contributed by atoms with E-state index in [2.05, 4.69) is 0 Å². The Hall–Kier alpha value is -2.30. The fourth-order valence-electron chi connectivity index (χ4n) is 1.65. The van der Waals surface area contributed by atoms with Crippen LogP contribution in [0.25, 0.3) is 5.69 Å². The largest absolute Gasteiger partial charge is 0.480 e. The molecule has 1 heterocycles. The van der Waals surface area contributed by atoms with Crippen LogP contribution in [-0.2, 0) is 11.3 Å². The Bertz CT molecular complexity index is 610. The van der Waals surface area contributed by atoms with Crippen LogP contribution in [0.3, 0.4) is 0 Å². The summed E-state index contributed by atoms with van der Waals surface area (Å²) < 4.78 is 2.58. The maximum absolute atomic E-state index is 11.9. The average Bonchev–Trinajstić information content (AvgIpc) is 2.60. The third kappa shape index (κ3) is 2.28. The summed E-state index contributed by atoms with van der Waals surface area (Å²) >= 11 is 0. The molecular weight excluding hydrogens is 220 g/mol. The number of aryl methyl sites for hydroxylation is 1. The van der Waals surface area contributed by atoms with Crippen LogP contribution in [0.1, 0.15) is 5.56 Å². The molecule has 0 aliphatic carbocycles. The van der Waals surface area contributed by atoms with Crippen molar-refractivity contribution >= 4 is 5.97 Å². The van der Waals surface area contributed by atoms with Crippen molar-refractivity contribution in [2.45, 2.75) is 13.5 Å². The molecule has 5 heteroatoms. The monoisotopic (exact) mass is 232 g/mol. The minimum atomic E-state index is -1.03. The topological polar surface area (TPSA) is 64.2 Å². The number of rotatable bonds is 3. The van der Waals surface area contributed by atoms with Crippen LogP contribution in [-0.4, -0.2) is 20.2 Å². The van der Waals surface area contributed by atoms with Gasteiger partial charge in [-0.3, -0.25) is 13.9 Å². The van der Waals surface area contributed by atoms with Crippen LogP contribution in [0.15, 0.2) is 41.5 Å². The van der Waals surface area contributed by atoms with Gasteiger partial charge in [-0.2, -0.15) is 0 Å². The van der Waals surface area contributed by atoms with Crippen molar-refractivity contribution in [1.29, 1.82) is 0 Å². The molecule has 2 aromatic rings. The van der Waals surface area contributed by atoms with Gasteiger partial charge in [0.25, 0.3) is 0 Å². The van der Waals surface area contributed by atoms with E-state index in [4.69, 9.17) is 5.11 Å². The quantitative estimate of drug-likeness (QED) is 0.859. The lowest BCUT2D eigenvalue weighted by Gasteiger charge is -2.02. The van der Waals surface area contributed by atoms with Crippen LogP contribution in [0, 0.1) is 6.92 Å². The predicted octanol–water partition coefficient (Wildman–Crippen LogP) is 1.03. The summed E-state index contributed by atoms with van der Waals surface area (Å²) in [5.41, 5.74) is 1.43. The SMILES string of the molecule is Cc1cccc(-n2ccn(CC(=O)O)c2=O)c1. The third-order valence-electron chi connectivity index (χ3n) is 2.43. The van der Waals surface area contributed by atoms with E-state index in [1.54, 1.807) is 12.3 Å². The summed E-state index contributed by atoms with van der Waals surface area (Å²) in [6.45, 7) is 1.61. The average molecular weight is 232 g/mol. The molecule has 0 unspecified atom stereocenters. The number of carboxylic acid groups (broad SMARTS) is 1. The predicted molar refractivity (Wildman–Crippen MR) is 62.4 cm³/mol. The number of carboxylic acids is 1. The highest BCUT2D eigenvalue weighted by atomic mass is 16.4. The standard InChI is InChI=1S/C12H12N2O3/c1-9-3-2-4-10(7-9)14-6-5-13(12(14)17)8-11(15)16/h2-7H,8H2,1H3,(H,15,16). The van der Waals surface area contributed by atoms with E-state index in [1.807, 2.05) is 25.1 Å². The van der Waals surface area contributed by atoms with E-state index in [-0.39, 0.29) is 12.2 Å². The van der Waals surface area contributed by atoms with Gasteiger partial charge in [-0.25, -0.2) is 4.79 Å². The number of hydrogen-bond acceptors (Lipinski definition) is 2. The fourth-order valence-corrected chi connectivity index (χ4v) is 1.65. The van der Waals surface area contributed by atoms with Gasteiger partial charge in [-0.05, 0) is 24.6 Å². The summed E-state index contributed by atoms with van der Waals surface area (Å²) in [6, 6.07) is 7.46. The second-order valence-electron chi connectivity index (χ2n) is 3.81. The van der Waals surface area contributed by atoms with Crippen molar-refractivity contribution in [2.75, 3.05) is 0 Å². The molecule has 1 N–H and O–H groups in total. The first kappa shape index (κ1) is 11.2. The number of imidazole rings is 1. The highest BCUT2D eigenvalue weighted by Crippen LogP contribution is 2.07. The molecular formula is C12H12N2O3. The van der Waals surface area contributed by atoms with Crippen molar-refractivity contribution in [1.82, 2.24) is 9.13 Å². The number of hydrogen-bond donors (Lipinski definition) is 1. The first-order valence-corrected chi connectivity index (χ1v) is 5.14. The molecule has 0 radical (unpaired) electrons. The van der Waals surface area contributed by atoms with Gasteiger partial charge in [0.2, 0.25) is 0 Å². The van der Waals surface area contributed by atoms with Gasteiger partial charge in [-0.1, -0.05) is 12.1 Å². The molecule has 0 amide bonds. The lowest BCUT2D eigenvalue weighted by Crippen LogP contribution is -2.25. The fraction of sp³-hybridized carbons (Fsp3) is 0.167.